The van der Waals surface area contributed by atoms with Gasteiger partial charge in [-0.05, 0) is 44.7 Å². The Morgan fingerprint density at radius 1 is 1.36 bits per heavy atom. The van der Waals surface area contributed by atoms with Gasteiger partial charge in [-0.15, -0.1) is 0 Å². The number of methoxy groups -OCH3 is 1. The van der Waals surface area contributed by atoms with E-state index in [-0.39, 0.29) is 6.10 Å². The Morgan fingerprint density at radius 2 is 2.14 bits per heavy atom. The molecule has 1 aliphatic carbocycles. The smallest absolute Gasteiger partial charge is 0.154 e. The van der Waals surface area contributed by atoms with E-state index >= 15 is 0 Å². The van der Waals surface area contributed by atoms with Gasteiger partial charge in [-0.2, -0.15) is 0 Å². The number of piperidine rings is 1. The van der Waals surface area contributed by atoms with Crippen molar-refractivity contribution >= 4 is 23.4 Å². The minimum Gasteiger partial charge on any atom is -0.378 e. The Hall–Kier alpha value is -1.79. The average Bonchev–Trinajstić information content (AvgIpc) is 2.69. The van der Waals surface area contributed by atoms with Gasteiger partial charge in [-0.25, -0.2) is 4.98 Å². The summed E-state index contributed by atoms with van der Waals surface area (Å²) in [5.74, 6) is 0.919. The van der Waals surface area contributed by atoms with Crippen molar-refractivity contribution in [2.45, 2.75) is 77.0 Å². The quantitative estimate of drug-likeness (QED) is 0.695. The molecule has 6 heteroatoms. The average molecular weight is 386 g/mol. The minimum atomic E-state index is 0.152. The Kier molecular flexibility index (Phi) is 7.57. The lowest BCUT2D eigenvalue weighted by Crippen LogP contribution is -2.56. The Balaban J connectivity index is 1.69. The number of nitrogens with one attached hydrogen (secondary N) is 2. The van der Waals surface area contributed by atoms with Crippen molar-refractivity contribution in [2.75, 3.05) is 25.1 Å². The van der Waals surface area contributed by atoms with Gasteiger partial charge in [-0.3, -0.25) is 4.99 Å². The molecule has 0 aromatic carbocycles. The molecule has 6 nitrogen and oxygen atoms in total. The lowest BCUT2D eigenvalue weighted by Gasteiger charge is -2.41. The third-order valence-corrected chi connectivity index (χ3v) is 5.83. The number of aryl methyl sites for hydroxylation is 1. The van der Waals surface area contributed by atoms with Crippen LogP contribution < -0.4 is 10.2 Å². The van der Waals surface area contributed by atoms with Gasteiger partial charge < -0.3 is 20.4 Å². The Morgan fingerprint density at radius 3 is 2.86 bits per heavy atom. The van der Waals surface area contributed by atoms with E-state index < -0.39 is 0 Å². The highest BCUT2D eigenvalue weighted by atomic mass is 16.5. The number of pyridine rings is 1. The molecule has 1 aromatic rings. The van der Waals surface area contributed by atoms with Crippen LogP contribution in [0.5, 0.6) is 0 Å². The second-order valence-corrected chi connectivity index (χ2v) is 8.27. The molecule has 2 aliphatic rings. The maximum atomic E-state index is 7.59. The van der Waals surface area contributed by atoms with E-state index in [0.717, 1.165) is 36.6 Å². The SMILES string of the molecule is CO[C@@H]1CN(c2ncc(C)cc2N=CCC(C)=N)CC[C@@H]1NC1CCCCC1. The van der Waals surface area contributed by atoms with Crippen LogP contribution in [0.4, 0.5) is 11.5 Å². The fraction of sp³-hybridized carbons (Fsp3) is 0.682. The monoisotopic (exact) mass is 385 g/mol. The molecule has 0 amide bonds. The highest BCUT2D eigenvalue weighted by Crippen LogP contribution is 2.30. The fourth-order valence-corrected chi connectivity index (χ4v) is 4.28. The van der Waals surface area contributed by atoms with Gasteiger partial charge in [0.25, 0.3) is 0 Å². The zero-order chi connectivity index (χ0) is 19.9. The summed E-state index contributed by atoms with van der Waals surface area (Å²) in [4.78, 5) is 11.6. The summed E-state index contributed by atoms with van der Waals surface area (Å²) >= 11 is 0. The molecule has 1 aliphatic heterocycles. The topological polar surface area (TPSA) is 73.6 Å². The predicted molar refractivity (Wildman–Crippen MR) is 117 cm³/mol. The molecule has 1 saturated heterocycles. The predicted octanol–water partition coefficient (Wildman–Crippen LogP) is 4.04. The van der Waals surface area contributed by atoms with Gasteiger partial charge in [0, 0.05) is 56.8 Å². The molecular formula is C22H35N5O. The van der Waals surface area contributed by atoms with Crippen LogP contribution >= 0.6 is 0 Å². The molecule has 0 bridgehead atoms. The van der Waals surface area contributed by atoms with E-state index in [0.29, 0.717) is 24.2 Å². The molecular weight excluding hydrogens is 350 g/mol. The van der Waals surface area contributed by atoms with Crippen LogP contribution in [0.15, 0.2) is 17.3 Å². The summed E-state index contributed by atoms with van der Waals surface area (Å²) in [6, 6.07) is 3.12. The van der Waals surface area contributed by atoms with Crippen LogP contribution in [0.1, 0.15) is 57.4 Å². The lowest BCUT2D eigenvalue weighted by molar-refractivity contribution is 0.0534. The van der Waals surface area contributed by atoms with Crippen molar-refractivity contribution in [1.82, 2.24) is 10.3 Å². The lowest BCUT2D eigenvalue weighted by atomic mass is 9.92. The van der Waals surface area contributed by atoms with Crippen molar-refractivity contribution in [2.24, 2.45) is 4.99 Å². The van der Waals surface area contributed by atoms with Gasteiger partial charge in [0.05, 0.1) is 6.10 Å². The van der Waals surface area contributed by atoms with Crippen LogP contribution in [-0.4, -0.2) is 55.3 Å². The van der Waals surface area contributed by atoms with Gasteiger partial charge in [-0.1, -0.05) is 19.3 Å². The Labute approximate surface area is 169 Å². The number of aromatic nitrogens is 1. The number of anilines is 1. The van der Waals surface area contributed by atoms with Gasteiger partial charge >= 0.3 is 0 Å². The number of nitrogens with zero attached hydrogens (tertiary/aromatic N) is 3. The van der Waals surface area contributed by atoms with E-state index in [9.17, 15) is 0 Å². The molecule has 3 rings (SSSR count). The van der Waals surface area contributed by atoms with Crippen LogP contribution in [0.3, 0.4) is 0 Å². The van der Waals surface area contributed by atoms with Crippen molar-refractivity contribution in [1.29, 1.82) is 5.41 Å². The zero-order valence-corrected chi connectivity index (χ0v) is 17.6. The highest BCUT2D eigenvalue weighted by Gasteiger charge is 2.32. The van der Waals surface area contributed by atoms with E-state index in [1.807, 2.05) is 26.4 Å². The van der Waals surface area contributed by atoms with Crippen molar-refractivity contribution < 1.29 is 4.74 Å². The fourth-order valence-electron chi connectivity index (χ4n) is 4.28. The third-order valence-electron chi connectivity index (χ3n) is 5.83. The molecule has 2 fully saturated rings. The second kappa shape index (κ2) is 10.1. The first kappa shape index (κ1) is 20.9. The van der Waals surface area contributed by atoms with Crippen LogP contribution in [-0.2, 0) is 4.74 Å². The summed E-state index contributed by atoms with van der Waals surface area (Å²) in [5.41, 5.74) is 2.59. The Bertz CT molecular complexity index is 684. The molecule has 2 atom stereocenters. The van der Waals surface area contributed by atoms with Gasteiger partial charge in [0.15, 0.2) is 5.82 Å². The van der Waals surface area contributed by atoms with Gasteiger partial charge in [0.2, 0.25) is 0 Å². The maximum Gasteiger partial charge on any atom is 0.154 e. The molecule has 2 N–H and O–H groups in total. The van der Waals surface area contributed by atoms with Crippen LogP contribution in [0, 0.1) is 12.3 Å². The zero-order valence-electron chi connectivity index (χ0n) is 17.6. The van der Waals surface area contributed by atoms with E-state index in [1.54, 1.807) is 6.92 Å². The molecule has 1 aromatic heterocycles. The second-order valence-electron chi connectivity index (χ2n) is 8.27. The maximum absolute atomic E-state index is 7.59. The number of ether oxygens (including phenoxy) is 1. The van der Waals surface area contributed by atoms with E-state index in [2.05, 4.69) is 21.3 Å². The van der Waals surface area contributed by atoms with Gasteiger partial charge in [0.1, 0.15) is 5.69 Å². The molecule has 0 radical (unpaired) electrons. The first-order valence-corrected chi connectivity index (χ1v) is 10.6. The van der Waals surface area contributed by atoms with Crippen molar-refractivity contribution in [3.63, 3.8) is 0 Å². The summed E-state index contributed by atoms with van der Waals surface area (Å²) in [7, 11) is 1.82. The number of hydrogen-bond acceptors (Lipinski definition) is 6. The highest BCUT2D eigenvalue weighted by molar-refractivity contribution is 5.92. The first-order chi connectivity index (χ1) is 13.6. The van der Waals surface area contributed by atoms with Crippen LogP contribution in [0.2, 0.25) is 0 Å². The largest absolute Gasteiger partial charge is 0.378 e. The summed E-state index contributed by atoms with van der Waals surface area (Å²) < 4.78 is 5.87. The van der Waals surface area contributed by atoms with Crippen molar-refractivity contribution in [3.8, 4) is 0 Å². The number of rotatable bonds is 7. The molecule has 154 valence electrons. The molecule has 2 heterocycles. The van der Waals surface area contributed by atoms with E-state index in [4.69, 9.17) is 15.1 Å². The van der Waals surface area contributed by atoms with E-state index in [1.165, 1.54) is 32.1 Å². The summed E-state index contributed by atoms with van der Waals surface area (Å²) in [6.45, 7) is 5.61. The first-order valence-electron chi connectivity index (χ1n) is 10.6. The summed E-state index contributed by atoms with van der Waals surface area (Å²) in [5, 5.41) is 11.5. The minimum absolute atomic E-state index is 0.152. The number of aliphatic imine (C=N–C) groups is 1. The summed E-state index contributed by atoms with van der Waals surface area (Å²) in [6.07, 6.45) is 12.1. The molecule has 0 spiro atoms. The third kappa shape index (κ3) is 5.61. The van der Waals surface area contributed by atoms with Crippen LogP contribution in [0.25, 0.3) is 0 Å². The molecule has 1 saturated carbocycles. The standard InChI is InChI=1S/C22H35N5O/c1-16-13-20(24-11-9-17(2)23)22(25-14-16)27-12-10-19(21(15-27)28-3)26-18-7-5-4-6-8-18/h11,13-14,18-19,21,23,26H,4-10,12,15H2,1-3H3/t19-,21+/m0/s1. The molecule has 0 unspecified atom stereocenters. The number of hydrogen-bond donors (Lipinski definition) is 2. The normalized spacial score (nSPS) is 24.0. The molecule has 28 heavy (non-hydrogen) atoms. The van der Waals surface area contributed by atoms with Crippen molar-refractivity contribution in [3.05, 3.63) is 17.8 Å².